The van der Waals surface area contributed by atoms with Crippen LogP contribution in [-0.2, 0) is 22.4 Å². The molecule has 6 rings (SSSR count). The Morgan fingerprint density at radius 2 is 1.91 bits per heavy atom. The minimum Gasteiger partial charge on any atom is -0.469 e. The Balaban J connectivity index is 1.19. The molecule has 43 heavy (non-hydrogen) atoms. The first kappa shape index (κ1) is 29.6. The summed E-state index contributed by atoms with van der Waals surface area (Å²) in [6, 6.07) is 13.4. The van der Waals surface area contributed by atoms with Crippen LogP contribution in [0, 0.1) is 19.8 Å². The maximum atomic E-state index is 12.7. The van der Waals surface area contributed by atoms with Crippen LogP contribution in [0.5, 0.6) is 0 Å². The van der Waals surface area contributed by atoms with Gasteiger partial charge in [-0.15, -0.1) is 0 Å². The summed E-state index contributed by atoms with van der Waals surface area (Å²) in [6.07, 6.45) is 6.02. The number of aromatic nitrogens is 3. The summed E-state index contributed by atoms with van der Waals surface area (Å²) in [5.41, 5.74) is 8.08. The molecular weight excluding hydrogens is 538 g/mol. The zero-order chi connectivity index (χ0) is 29.8. The maximum Gasteiger partial charge on any atom is 0.306 e. The Bertz CT molecular complexity index is 1410. The van der Waals surface area contributed by atoms with Gasteiger partial charge in [-0.25, -0.2) is 9.67 Å². The summed E-state index contributed by atoms with van der Waals surface area (Å²) in [5.74, 6) is 1.61. The number of esters is 1. The van der Waals surface area contributed by atoms with Crippen LogP contribution in [0.15, 0.2) is 36.4 Å². The molecule has 9 heteroatoms. The Labute approximate surface area is 256 Å². The number of anilines is 2. The summed E-state index contributed by atoms with van der Waals surface area (Å²) in [5, 5.41) is 11.7. The normalized spacial score (nSPS) is 19.6. The molecule has 0 radical (unpaired) electrons. The van der Waals surface area contributed by atoms with Crippen LogP contribution in [0.1, 0.15) is 59.8 Å². The molecule has 5 heterocycles. The summed E-state index contributed by atoms with van der Waals surface area (Å²) < 4.78 is 7.23. The fourth-order valence-electron chi connectivity index (χ4n) is 7.03. The fourth-order valence-corrected chi connectivity index (χ4v) is 7.03. The second-order valence-electron chi connectivity index (χ2n) is 12.6. The van der Waals surface area contributed by atoms with Gasteiger partial charge in [0.25, 0.3) is 0 Å². The number of piperazine rings is 1. The summed E-state index contributed by atoms with van der Waals surface area (Å²) in [7, 11) is 1.49. The molecule has 2 N–H and O–H groups in total. The van der Waals surface area contributed by atoms with Crippen molar-refractivity contribution in [3.8, 4) is 5.69 Å². The van der Waals surface area contributed by atoms with E-state index in [9.17, 15) is 4.79 Å². The number of nitrogens with zero attached hydrogens (tertiary/aromatic N) is 5. The quantitative estimate of drug-likeness (QED) is 0.342. The van der Waals surface area contributed by atoms with Crippen LogP contribution < -0.4 is 15.5 Å². The number of likely N-dealkylation sites (tertiary alicyclic amines) is 1. The molecule has 9 nitrogen and oxygen atoms in total. The largest absolute Gasteiger partial charge is 0.469 e. The van der Waals surface area contributed by atoms with E-state index in [-0.39, 0.29) is 11.9 Å². The highest BCUT2D eigenvalue weighted by Crippen LogP contribution is 2.32. The third kappa shape index (κ3) is 7.21. The highest BCUT2D eigenvalue weighted by molar-refractivity contribution is 5.71. The van der Waals surface area contributed by atoms with Crippen LogP contribution in [0.3, 0.4) is 0 Å². The predicted molar refractivity (Wildman–Crippen MR) is 171 cm³/mol. The van der Waals surface area contributed by atoms with Crippen molar-refractivity contribution in [2.75, 3.05) is 69.7 Å². The van der Waals surface area contributed by atoms with Gasteiger partial charge in [0.2, 0.25) is 0 Å². The van der Waals surface area contributed by atoms with E-state index < -0.39 is 0 Å². The molecule has 0 unspecified atom stereocenters. The summed E-state index contributed by atoms with van der Waals surface area (Å²) in [6.45, 7) is 12.0. The number of rotatable bonds is 10. The molecule has 2 aromatic heterocycles. The highest BCUT2D eigenvalue weighted by Gasteiger charge is 2.28. The number of methoxy groups -OCH3 is 1. The summed E-state index contributed by atoms with van der Waals surface area (Å²) in [4.78, 5) is 22.6. The number of aryl methyl sites for hydroxylation is 4. The second kappa shape index (κ2) is 13.5. The van der Waals surface area contributed by atoms with Crippen molar-refractivity contribution in [1.82, 2.24) is 25.0 Å². The first-order valence-corrected chi connectivity index (χ1v) is 16.1. The van der Waals surface area contributed by atoms with Crippen LogP contribution in [-0.4, -0.2) is 85.1 Å². The van der Waals surface area contributed by atoms with Gasteiger partial charge in [-0.2, -0.15) is 5.10 Å². The number of carbonyl (C=O) groups excluding carboxylic acids is 1. The number of hydrogen-bond donors (Lipinski definition) is 2. The van der Waals surface area contributed by atoms with Crippen molar-refractivity contribution in [1.29, 1.82) is 0 Å². The van der Waals surface area contributed by atoms with Crippen LogP contribution >= 0.6 is 0 Å². The zero-order valence-corrected chi connectivity index (χ0v) is 26.1. The van der Waals surface area contributed by atoms with Gasteiger partial charge in [0, 0.05) is 68.8 Å². The van der Waals surface area contributed by atoms with Crippen molar-refractivity contribution < 1.29 is 9.53 Å². The molecule has 3 aliphatic rings. The molecule has 2 fully saturated rings. The van der Waals surface area contributed by atoms with Gasteiger partial charge in [0.1, 0.15) is 5.82 Å². The first-order valence-electron chi connectivity index (χ1n) is 16.1. The van der Waals surface area contributed by atoms with Crippen molar-refractivity contribution in [2.24, 2.45) is 5.92 Å². The van der Waals surface area contributed by atoms with Gasteiger partial charge in [-0.1, -0.05) is 6.07 Å². The van der Waals surface area contributed by atoms with E-state index in [4.69, 9.17) is 14.8 Å². The van der Waals surface area contributed by atoms with E-state index >= 15 is 0 Å². The number of benzene rings is 1. The van der Waals surface area contributed by atoms with Crippen molar-refractivity contribution in [3.05, 3.63) is 64.6 Å². The number of nitrogens with one attached hydrogen (secondary N) is 2. The lowest BCUT2D eigenvalue weighted by atomic mass is 9.93. The smallest absolute Gasteiger partial charge is 0.306 e. The fraction of sp³-hybridized carbons (Fsp3) is 0.559. The average molecular weight is 586 g/mol. The maximum absolute atomic E-state index is 12.7. The minimum absolute atomic E-state index is 0.0400. The molecule has 0 amide bonds. The van der Waals surface area contributed by atoms with Crippen LogP contribution in [0.4, 0.5) is 11.5 Å². The molecule has 2 atom stereocenters. The lowest BCUT2D eigenvalue weighted by Gasteiger charge is -2.31. The average Bonchev–Trinajstić information content (AvgIpc) is 3.64. The predicted octanol–water partition coefficient (Wildman–Crippen LogP) is 4.25. The third-order valence-corrected chi connectivity index (χ3v) is 9.38. The Hall–Kier alpha value is -3.43. The lowest BCUT2D eigenvalue weighted by Crippen LogP contribution is -2.43. The minimum atomic E-state index is -0.159. The first-order chi connectivity index (χ1) is 20.9. The molecule has 3 aromatic rings. The van der Waals surface area contributed by atoms with E-state index in [1.165, 1.54) is 42.5 Å². The number of pyridine rings is 1. The van der Waals surface area contributed by atoms with E-state index in [1.807, 2.05) is 11.6 Å². The topological polar surface area (TPSA) is 87.5 Å². The second-order valence-corrected chi connectivity index (χ2v) is 12.6. The van der Waals surface area contributed by atoms with Gasteiger partial charge in [-0.3, -0.25) is 4.79 Å². The SMILES string of the molecule is COC(=O)C[C@@H](CN1CC[C@@H](CCc2ccc3c(n2)NCCC3)C1)c1cc(N2CCNCC2)cc(-n2nc(C)cc2C)c1. The van der Waals surface area contributed by atoms with Gasteiger partial charge in [-0.05, 0) is 99.9 Å². The van der Waals surface area contributed by atoms with Crippen molar-refractivity contribution in [3.63, 3.8) is 0 Å². The molecule has 1 aromatic carbocycles. The molecule has 3 aliphatic heterocycles. The standard InChI is InChI=1S/C34H47N7O2/c1-24-17-25(2)41(38-24)32-19-28(18-31(21-32)40-15-12-35-13-16-40)29(20-33(42)43-3)23-39-14-10-26(22-39)6-8-30-9-7-27-5-4-11-36-34(27)37-30/h7,9,17-19,21,26,29,35H,4-6,8,10-16,20,22-23H2,1-3H3,(H,36,37)/t26-,29+/m1/s1. The molecular formula is C34H47N7O2. The van der Waals surface area contributed by atoms with Crippen LogP contribution in [0.25, 0.3) is 5.69 Å². The number of fused-ring (bicyclic) bond motifs is 1. The number of ether oxygens (including phenoxy) is 1. The zero-order valence-electron chi connectivity index (χ0n) is 26.1. The molecule has 230 valence electrons. The molecule has 0 spiro atoms. The Morgan fingerprint density at radius 1 is 1.07 bits per heavy atom. The molecule has 2 saturated heterocycles. The van der Waals surface area contributed by atoms with E-state index in [0.717, 1.165) is 94.5 Å². The Kier molecular flexibility index (Phi) is 9.28. The van der Waals surface area contributed by atoms with Gasteiger partial charge < -0.3 is 25.2 Å². The Morgan fingerprint density at radius 3 is 2.70 bits per heavy atom. The van der Waals surface area contributed by atoms with Gasteiger partial charge in [0.15, 0.2) is 0 Å². The van der Waals surface area contributed by atoms with Gasteiger partial charge >= 0.3 is 5.97 Å². The van der Waals surface area contributed by atoms with E-state index in [1.54, 1.807) is 0 Å². The summed E-state index contributed by atoms with van der Waals surface area (Å²) >= 11 is 0. The van der Waals surface area contributed by atoms with Gasteiger partial charge in [0.05, 0.1) is 24.9 Å². The van der Waals surface area contributed by atoms with Crippen LogP contribution in [0.2, 0.25) is 0 Å². The third-order valence-electron chi connectivity index (χ3n) is 9.38. The monoisotopic (exact) mass is 585 g/mol. The molecule has 0 aliphatic carbocycles. The number of hydrogen-bond acceptors (Lipinski definition) is 8. The van der Waals surface area contributed by atoms with Crippen molar-refractivity contribution >= 4 is 17.5 Å². The van der Waals surface area contributed by atoms with E-state index in [0.29, 0.717) is 12.3 Å². The molecule has 0 saturated carbocycles. The van der Waals surface area contributed by atoms with E-state index in [2.05, 4.69) is 63.8 Å². The lowest BCUT2D eigenvalue weighted by molar-refractivity contribution is -0.141. The molecule has 0 bridgehead atoms. The van der Waals surface area contributed by atoms with Crippen molar-refractivity contribution in [2.45, 2.75) is 58.3 Å². The highest BCUT2D eigenvalue weighted by atomic mass is 16.5. The number of carbonyl (C=O) groups is 1.